The zero-order chi connectivity index (χ0) is 11.8. The molecular formula is C7H6F5N3. The molecule has 0 spiro atoms. The average molecular weight is 227 g/mol. The third-order valence-electron chi connectivity index (χ3n) is 1.59. The molecule has 0 fully saturated rings. The normalized spacial score (nSPS) is 12.1. The number of nitrogens with two attached hydrogens (primary N) is 2. The molecule has 3 nitrogen and oxygen atoms in total. The lowest BCUT2D eigenvalue weighted by Crippen LogP contribution is -2.14. The second kappa shape index (κ2) is 3.52. The van der Waals surface area contributed by atoms with Crippen molar-refractivity contribution in [2.45, 2.75) is 12.6 Å². The second-order valence-corrected chi connectivity index (χ2v) is 2.70. The van der Waals surface area contributed by atoms with E-state index in [-0.39, 0.29) is 0 Å². The van der Waals surface area contributed by atoms with Crippen molar-refractivity contribution in [2.75, 3.05) is 11.5 Å². The zero-order valence-electron chi connectivity index (χ0n) is 7.15. The summed E-state index contributed by atoms with van der Waals surface area (Å²) in [4.78, 5) is 2.72. The molecule has 0 saturated heterocycles. The lowest BCUT2D eigenvalue weighted by atomic mass is 10.2. The van der Waals surface area contributed by atoms with Crippen LogP contribution in [0.2, 0.25) is 0 Å². The fraction of sp³-hybridized carbons (Fsp3) is 0.286. The molecule has 0 unspecified atom stereocenters. The van der Waals surface area contributed by atoms with E-state index >= 15 is 0 Å². The molecule has 0 radical (unpaired) electrons. The number of hydrogen-bond donors (Lipinski definition) is 2. The van der Waals surface area contributed by atoms with E-state index < -0.39 is 35.4 Å². The monoisotopic (exact) mass is 227 g/mol. The van der Waals surface area contributed by atoms with Gasteiger partial charge in [-0.3, -0.25) is 0 Å². The summed E-state index contributed by atoms with van der Waals surface area (Å²) in [5.74, 6) is 0. The molecule has 15 heavy (non-hydrogen) atoms. The summed E-state index contributed by atoms with van der Waals surface area (Å²) >= 11 is 0. The molecule has 1 rings (SSSR count). The van der Waals surface area contributed by atoms with Gasteiger partial charge in [-0.15, -0.1) is 0 Å². The average Bonchev–Trinajstić information content (AvgIpc) is 2.00. The molecule has 0 amide bonds. The zero-order valence-corrected chi connectivity index (χ0v) is 7.15. The topological polar surface area (TPSA) is 64.9 Å². The van der Waals surface area contributed by atoms with Crippen molar-refractivity contribution >= 4 is 11.4 Å². The molecule has 0 aliphatic heterocycles. The molecular weight excluding hydrogens is 221 g/mol. The molecule has 1 aromatic rings. The molecule has 0 aromatic carbocycles. The van der Waals surface area contributed by atoms with Crippen LogP contribution in [0.5, 0.6) is 0 Å². The van der Waals surface area contributed by atoms with Gasteiger partial charge in [-0.2, -0.15) is 13.2 Å². The van der Waals surface area contributed by atoms with Crippen molar-refractivity contribution in [3.8, 4) is 0 Å². The van der Waals surface area contributed by atoms with E-state index in [2.05, 4.69) is 4.98 Å². The number of halogens is 5. The summed E-state index contributed by atoms with van der Waals surface area (Å²) in [6, 6.07) is 0.622. The Balaban J connectivity index is 3.37. The van der Waals surface area contributed by atoms with Crippen molar-refractivity contribution in [3.05, 3.63) is 17.5 Å². The van der Waals surface area contributed by atoms with Gasteiger partial charge in [0, 0.05) is 0 Å². The molecule has 0 saturated carbocycles. The quantitative estimate of drug-likeness (QED) is 0.723. The van der Waals surface area contributed by atoms with E-state index in [4.69, 9.17) is 11.5 Å². The Labute approximate surface area is 80.9 Å². The summed E-state index contributed by atoms with van der Waals surface area (Å²) in [6.07, 6.45) is -8.05. The number of aromatic nitrogens is 1. The van der Waals surface area contributed by atoms with Crippen molar-refractivity contribution in [3.63, 3.8) is 0 Å². The van der Waals surface area contributed by atoms with Crippen molar-refractivity contribution in [1.29, 1.82) is 0 Å². The van der Waals surface area contributed by atoms with Gasteiger partial charge >= 0.3 is 6.18 Å². The SMILES string of the molecule is Nc1cc(N)c(C(F)(F)F)nc1C(F)F. The van der Waals surface area contributed by atoms with Crippen LogP contribution in [-0.4, -0.2) is 4.98 Å². The number of pyridine rings is 1. The fourth-order valence-corrected chi connectivity index (χ4v) is 0.961. The first kappa shape index (κ1) is 11.5. The first-order valence-corrected chi connectivity index (χ1v) is 3.64. The summed E-state index contributed by atoms with van der Waals surface area (Å²) < 4.78 is 60.9. The van der Waals surface area contributed by atoms with Crippen molar-refractivity contribution in [2.24, 2.45) is 0 Å². The molecule has 0 aliphatic carbocycles. The van der Waals surface area contributed by atoms with Crippen LogP contribution in [0.4, 0.5) is 33.3 Å². The maximum Gasteiger partial charge on any atom is 0.435 e. The predicted octanol–water partition coefficient (Wildman–Crippen LogP) is 2.20. The fourth-order valence-electron chi connectivity index (χ4n) is 0.961. The molecule has 0 aliphatic rings. The summed E-state index contributed by atoms with van der Waals surface area (Å²) in [5, 5.41) is 0. The van der Waals surface area contributed by atoms with Crippen molar-refractivity contribution < 1.29 is 22.0 Å². The minimum Gasteiger partial charge on any atom is -0.397 e. The Kier molecular flexibility index (Phi) is 2.69. The third kappa shape index (κ3) is 2.25. The largest absolute Gasteiger partial charge is 0.435 e. The van der Waals surface area contributed by atoms with Gasteiger partial charge in [-0.1, -0.05) is 0 Å². The smallest absolute Gasteiger partial charge is 0.397 e. The minimum atomic E-state index is -4.87. The van der Waals surface area contributed by atoms with Gasteiger partial charge in [0.1, 0.15) is 5.69 Å². The Bertz CT molecular complexity index is 374. The van der Waals surface area contributed by atoms with Crippen LogP contribution in [0.15, 0.2) is 6.07 Å². The molecule has 4 N–H and O–H groups in total. The van der Waals surface area contributed by atoms with E-state index in [0.717, 1.165) is 0 Å². The highest BCUT2D eigenvalue weighted by Gasteiger charge is 2.36. The van der Waals surface area contributed by atoms with Gasteiger partial charge in [0.25, 0.3) is 6.43 Å². The highest BCUT2D eigenvalue weighted by molar-refractivity contribution is 5.57. The maximum atomic E-state index is 12.2. The van der Waals surface area contributed by atoms with E-state index in [1.807, 2.05) is 0 Å². The first-order valence-electron chi connectivity index (χ1n) is 3.64. The molecule has 0 bridgehead atoms. The summed E-state index contributed by atoms with van der Waals surface area (Å²) in [5.41, 5.74) is 6.02. The highest BCUT2D eigenvalue weighted by atomic mass is 19.4. The van der Waals surface area contributed by atoms with Crippen LogP contribution >= 0.6 is 0 Å². The molecule has 0 atom stereocenters. The van der Waals surface area contributed by atoms with Gasteiger partial charge in [0.05, 0.1) is 11.4 Å². The molecule has 8 heteroatoms. The van der Waals surface area contributed by atoms with E-state index in [0.29, 0.717) is 6.07 Å². The van der Waals surface area contributed by atoms with Crippen LogP contribution in [0.3, 0.4) is 0 Å². The van der Waals surface area contributed by atoms with Gasteiger partial charge in [-0.05, 0) is 6.07 Å². The number of rotatable bonds is 1. The Morgan fingerprint density at radius 2 is 1.67 bits per heavy atom. The second-order valence-electron chi connectivity index (χ2n) is 2.70. The van der Waals surface area contributed by atoms with Gasteiger partial charge < -0.3 is 11.5 Å². The Morgan fingerprint density at radius 3 is 2.07 bits per heavy atom. The Hall–Kier alpha value is -1.60. The summed E-state index contributed by atoms with van der Waals surface area (Å²) in [6.45, 7) is 0. The number of anilines is 2. The number of alkyl halides is 5. The highest BCUT2D eigenvalue weighted by Crippen LogP contribution is 2.35. The van der Waals surface area contributed by atoms with E-state index in [1.54, 1.807) is 0 Å². The maximum absolute atomic E-state index is 12.2. The van der Waals surface area contributed by atoms with Crippen LogP contribution in [-0.2, 0) is 6.18 Å². The predicted molar refractivity (Wildman–Crippen MR) is 43.0 cm³/mol. The number of nitrogen functional groups attached to an aromatic ring is 2. The van der Waals surface area contributed by atoms with Gasteiger partial charge in [-0.25, -0.2) is 13.8 Å². The van der Waals surface area contributed by atoms with Crippen molar-refractivity contribution in [1.82, 2.24) is 4.98 Å². The van der Waals surface area contributed by atoms with E-state index in [9.17, 15) is 22.0 Å². The molecule has 1 heterocycles. The van der Waals surface area contributed by atoms with Gasteiger partial charge in [0.15, 0.2) is 5.69 Å². The van der Waals surface area contributed by atoms with Crippen LogP contribution in [0.1, 0.15) is 17.8 Å². The lowest BCUT2D eigenvalue weighted by Gasteiger charge is -2.12. The van der Waals surface area contributed by atoms with Gasteiger partial charge in [0.2, 0.25) is 0 Å². The molecule has 84 valence electrons. The standard InChI is InChI=1S/C7H6F5N3/c8-6(9)4-2(13)1-3(14)5(15-4)7(10,11)12/h1,6H,13-14H2. The Morgan fingerprint density at radius 1 is 1.13 bits per heavy atom. The summed E-state index contributed by atoms with van der Waals surface area (Å²) in [7, 11) is 0. The molecule has 1 aromatic heterocycles. The first-order chi connectivity index (χ1) is 6.73. The third-order valence-corrected chi connectivity index (χ3v) is 1.59. The number of nitrogens with zero attached hydrogens (tertiary/aromatic N) is 1. The van der Waals surface area contributed by atoms with Crippen LogP contribution in [0.25, 0.3) is 0 Å². The lowest BCUT2D eigenvalue weighted by molar-refractivity contribution is -0.140. The van der Waals surface area contributed by atoms with Crippen LogP contribution < -0.4 is 11.5 Å². The number of hydrogen-bond acceptors (Lipinski definition) is 3. The van der Waals surface area contributed by atoms with E-state index in [1.165, 1.54) is 0 Å². The van der Waals surface area contributed by atoms with Crippen LogP contribution in [0, 0.1) is 0 Å². The minimum absolute atomic E-state index is 0.560.